The number of hydrogen-bond acceptors (Lipinski definition) is 5. The minimum absolute atomic E-state index is 0.303. The molecule has 2 aromatic rings. The van der Waals surface area contributed by atoms with Gasteiger partial charge in [0.1, 0.15) is 17.9 Å². The first kappa shape index (κ1) is 20.5. The molecule has 0 aromatic heterocycles. The molecular weight excluding hydrogens is 393 g/mol. The number of methoxy groups -OCH3 is 2. The second kappa shape index (κ2) is 9.80. The van der Waals surface area contributed by atoms with Gasteiger partial charge in [0, 0.05) is 17.3 Å². The number of rotatable bonds is 7. The Labute approximate surface area is 166 Å². The summed E-state index contributed by atoms with van der Waals surface area (Å²) in [7, 11) is 3.06. The van der Waals surface area contributed by atoms with Crippen molar-refractivity contribution in [1.29, 1.82) is 0 Å². The third-order valence-corrected chi connectivity index (χ3v) is 4.10. The maximum Gasteiger partial charge on any atom is 0.249 e. The van der Waals surface area contributed by atoms with E-state index >= 15 is 0 Å². The number of hydrogen-bond donors (Lipinski definition) is 2. The van der Waals surface area contributed by atoms with Gasteiger partial charge in [-0.1, -0.05) is 23.2 Å². The highest BCUT2D eigenvalue weighted by Gasteiger charge is 2.10. The number of hydrazone groups is 1. The van der Waals surface area contributed by atoms with Crippen LogP contribution in [-0.2, 0) is 9.59 Å². The number of anilines is 1. The van der Waals surface area contributed by atoms with Crippen LogP contribution in [0.25, 0.3) is 0 Å². The van der Waals surface area contributed by atoms with Gasteiger partial charge in [-0.05, 0) is 30.3 Å². The quantitative estimate of drug-likeness (QED) is 0.416. The van der Waals surface area contributed by atoms with Gasteiger partial charge in [0.05, 0.1) is 30.5 Å². The maximum atomic E-state index is 11.9. The highest BCUT2D eigenvalue weighted by Crippen LogP contribution is 2.25. The van der Waals surface area contributed by atoms with Gasteiger partial charge in [0.15, 0.2) is 0 Å². The predicted octanol–water partition coefficient (Wildman–Crippen LogP) is 3.49. The summed E-state index contributed by atoms with van der Waals surface area (Å²) in [6, 6.07) is 9.77. The summed E-state index contributed by atoms with van der Waals surface area (Å²) < 4.78 is 10.3. The summed E-state index contributed by atoms with van der Waals surface area (Å²) in [5.74, 6) is 0.0797. The first-order chi connectivity index (χ1) is 12.9. The Hall–Kier alpha value is -2.77. The molecule has 0 saturated carbocycles. The smallest absolute Gasteiger partial charge is 0.249 e. The van der Waals surface area contributed by atoms with E-state index in [0.717, 1.165) is 0 Å². The molecule has 0 radical (unpaired) electrons. The van der Waals surface area contributed by atoms with E-state index < -0.39 is 18.2 Å². The van der Waals surface area contributed by atoms with Gasteiger partial charge in [-0.3, -0.25) is 9.59 Å². The van der Waals surface area contributed by atoms with Crippen LogP contribution < -0.4 is 20.2 Å². The van der Waals surface area contributed by atoms with Crippen LogP contribution in [0.1, 0.15) is 12.0 Å². The van der Waals surface area contributed by atoms with Crippen LogP contribution in [0.5, 0.6) is 11.5 Å². The molecule has 142 valence electrons. The molecule has 27 heavy (non-hydrogen) atoms. The highest BCUT2D eigenvalue weighted by molar-refractivity contribution is 6.42. The van der Waals surface area contributed by atoms with Crippen LogP contribution in [0.3, 0.4) is 0 Å². The van der Waals surface area contributed by atoms with Crippen LogP contribution in [-0.4, -0.2) is 32.2 Å². The van der Waals surface area contributed by atoms with Gasteiger partial charge in [0.2, 0.25) is 11.8 Å². The summed E-state index contributed by atoms with van der Waals surface area (Å²) in [5, 5.41) is 7.05. The Bertz CT molecular complexity index is 872. The molecule has 7 nitrogen and oxygen atoms in total. The largest absolute Gasteiger partial charge is 0.497 e. The fourth-order valence-corrected chi connectivity index (χ4v) is 2.36. The van der Waals surface area contributed by atoms with Crippen LogP contribution in [0.4, 0.5) is 5.69 Å². The van der Waals surface area contributed by atoms with E-state index in [2.05, 4.69) is 15.8 Å². The molecule has 2 N–H and O–H groups in total. The predicted molar refractivity (Wildman–Crippen MR) is 105 cm³/mol. The molecule has 0 atom stereocenters. The van der Waals surface area contributed by atoms with Gasteiger partial charge in [-0.25, -0.2) is 5.43 Å². The Morgan fingerprint density at radius 1 is 1.04 bits per heavy atom. The lowest BCUT2D eigenvalue weighted by molar-refractivity contribution is -0.126. The molecule has 2 rings (SSSR count). The molecule has 0 aliphatic carbocycles. The first-order valence-electron chi connectivity index (χ1n) is 7.71. The van der Waals surface area contributed by atoms with Gasteiger partial charge in [0.25, 0.3) is 0 Å². The zero-order chi connectivity index (χ0) is 19.8. The van der Waals surface area contributed by atoms with E-state index in [1.165, 1.54) is 19.4 Å². The Morgan fingerprint density at radius 2 is 1.81 bits per heavy atom. The van der Waals surface area contributed by atoms with E-state index in [9.17, 15) is 9.59 Å². The maximum absolute atomic E-state index is 11.9. The van der Waals surface area contributed by atoms with Crippen molar-refractivity contribution in [3.05, 3.63) is 52.0 Å². The van der Waals surface area contributed by atoms with Crippen LogP contribution in [0, 0.1) is 0 Å². The molecular formula is C18H17Cl2N3O4. The average molecular weight is 410 g/mol. The molecule has 2 amide bonds. The number of nitrogens with zero attached hydrogens (tertiary/aromatic N) is 1. The zero-order valence-electron chi connectivity index (χ0n) is 14.6. The van der Waals surface area contributed by atoms with Crippen LogP contribution >= 0.6 is 23.2 Å². The summed E-state index contributed by atoms with van der Waals surface area (Å²) in [6.45, 7) is 0. The molecule has 0 unspecified atom stereocenters. The van der Waals surface area contributed by atoms with E-state index in [0.29, 0.717) is 32.8 Å². The number of nitrogens with one attached hydrogen (secondary N) is 2. The van der Waals surface area contributed by atoms with Crippen LogP contribution in [0.2, 0.25) is 10.0 Å². The van der Waals surface area contributed by atoms with Crippen LogP contribution in [0.15, 0.2) is 41.5 Å². The minimum atomic E-state index is -0.573. The van der Waals surface area contributed by atoms with Gasteiger partial charge < -0.3 is 14.8 Å². The van der Waals surface area contributed by atoms with E-state index in [1.807, 2.05) is 0 Å². The number of benzene rings is 2. The lowest BCUT2D eigenvalue weighted by atomic mass is 10.2. The summed E-state index contributed by atoms with van der Waals surface area (Å²) in [4.78, 5) is 23.7. The molecule has 2 aromatic carbocycles. The minimum Gasteiger partial charge on any atom is -0.497 e. The van der Waals surface area contributed by atoms with Gasteiger partial charge in [-0.2, -0.15) is 5.10 Å². The second-order valence-corrected chi connectivity index (χ2v) is 6.07. The van der Waals surface area contributed by atoms with Gasteiger partial charge in [-0.15, -0.1) is 0 Å². The molecule has 0 spiro atoms. The normalized spacial score (nSPS) is 10.5. The fraction of sp³-hybridized carbons (Fsp3) is 0.167. The highest BCUT2D eigenvalue weighted by atomic mass is 35.5. The summed E-state index contributed by atoms with van der Waals surface area (Å²) in [5.41, 5.74) is 3.36. The Kier molecular flexibility index (Phi) is 7.45. The summed E-state index contributed by atoms with van der Waals surface area (Å²) >= 11 is 11.7. The van der Waals surface area contributed by atoms with Crippen molar-refractivity contribution >= 4 is 46.9 Å². The molecule has 0 saturated heterocycles. The molecule has 0 aliphatic heterocycles. The van der Waals surface area contributed by atoms with Crippen molar-refractivity contribution in [3.8, 4) is 11.5 Å². The van der Waals surface area contributed by atoms with Gasteiger partial charge >= 0.3 is 0 Å². The molecule has 0 bridgehead atoms. The number of amides is 2. The Morgan fingerprint density at radius 3 is 2.48 bits per heavy atom. The SMILES string of the molecule is COc1ccc(/C=N\NC(=O)CC(=O)Nc2ccc(Cl)c(Cl)c2)c(OC)c1. The van der Waals surface area contributed by atoms with Crippen molar-refractivity contribution in [3.63, 3.8) is 0 Å². The lowest BCUT2D eigenvalue weighted by Crippen LogP contribution is -2.24. The number of ether oxygens (including phenoxy) is 2. The molecule has 0 heterocycles. The van der Waals surface area contributed by atoms with Crippen molar-refractivity contribution in [2.75, 3.05) is 19.5 Å². The third kappa shape index (κ3) is 6.16. The standard InChI is InChI=1S/C18H17Cl2N3O4/c1-26-13-5-3-11(16(8-13)27-2)10-21-23-18(25)9-17(24)22-12-4-6-14(19)15(20)7-12/h3-8,10H,9H2,1-2H3,(H,22,24)(H,23,25)/b21-10-. The topological polar surface area (TPSA) is 89.0 Å². The van der Waals surface area contributed by atoms with Crippen molar-refractivity contribution in [1.82, 2.24) is 5.43 Å². The number of carbonyl (C=O) groups is 2. The van der Waals surface area contributed by atoms with Crippen molar-refractivity contribution in [2.45, 2.75) is 6.42 Å². The number of halogens is 2. The number of carbonyl (C=O) groups excluding carboxylic acids is 2. The zero-order valence-corrected chi connectivity index (χ0v) is 16.1. The van der Waals surface area contributed by atoms with Crippen molar-refractivity contribution < 1.29 is 19.1 Å². The molecule has 0 fully saturated rings. The molecule has 0 aliphatic rings. The lowest BCUT2D eigenvalue weighted by Gasteiger charge is -2.07. The van der Waals surface area contributed by atoms with E-state index in [4.69, 9.17) is 32.7 Å². The fourth-order valence-electron chi connectivity index (χ4n) is 2.06. The second-order valence-electron chi connectivity index (χ2n) is 5.25. The van der Waals surface area contributed by atoms with E-state index in [1.54, 1.807) is 37.4 Å². The van der Waals surface area contributed by atoms with E-state index in [-0.39, 0.29) is 0 Å². The third-order valence-electron chi connectivity index (χ3n) is 3.36. The molecule has 9 heteroatoms. The Balaban J connectivity index is 1.89. The summed E-state index contributed by atoms with van der Waals surface area (Å²) in [6.07, 6.45) is 1.00. The van der Waals surface area contributed by atoms with Crippen molar-refractivity contribution in [2.24, 2.45) is 5.10 Å². The average Bonchev–Trinajstić information content (AvgIpc) is 2.64. The first-order valence-corrected chi connectivity index (χ1v) is 8.47. The monoisotopic (exact) mass is 409 g/mol.